The Kier molecular flexibility index (Phi) is 4.88. The fourth-order valence-electron chi connectivity index (χ4n) is 2.99. The molecule has 116 valence electrons. The molecule has 21 heavy (non-hydrogen) atoms. The monoisotopic (exact) mass is 292 g/mol. The average Bonchev–Trinajstić information content (AvgIpc) is 2.54. The van der Waals surface area contributed by atoms with E-state index in [1.54, 1.807) is 39.5 Å². The Morgan fingerprint density at radius 2 is 1.71 bits per heavy atom. The SMILES string of the molecule is COc1ccc(C(=O)C2(OC)CCC(C)CC2)cc1OC. The zero-order valence-corrected chi connectivity index (χ0v) is 13.3. The molecule has 0 heterocycles. The van der Waals surface area contributed by atoms with Crippen LogP contribution < -0.4 is 9.47 Å². The van der Waals surface area contributed by atoms with Gasteiger partial charge in [0.05, 0.1) is 14.2 Å². The highest BCUT2D eigenvalue weighted by Crippen LogP contribution is 2.38. The van der Waals surface area contributed by atoms with Crippen LogP contribution in [-0.4, -0.2) is 32.7 Å². The topological polar surface area (TPSA) is 44.8 Å². The van der Waals surface area contributed by atoms with E-state index in [1.165, 1.54) is 0 Å². The van der Waals surface area contributed by atoms with Gasteiger partial charge >= 0.3 is 0 Å². The van der Waals surface area contributed by atoms with Gasteiger partial charge < -0.3 is 14.2 Å². The van der Waals surface area contributed by atoms with E-state index in [0.717, 1.165) is 25.7 Å². The molecule has 1 aliphatic carbocycles. The van der Waals surface area contributed by atoms with E-state index in [1.807, 2.05) is 0 Å². The van der Waals surface area contributed by atoms with Crippen molar-refractivity contribution in [3.8, 4) is 11.5 Å². The number of ketones is 1. The largest absolute Gasteiger partial charge is 0.493 e. The molecule has 1 fully saturated rings. The highest BCUT2D eigenvalue weighted by molar-refractivity contribution is 6.03. The van der Waals surface area contributed by atoms with Gasteiger partial charge in [0, 0.05) is 12.7 Å². The van der Waals surface area contributed by atoms with Gasteiger partial charge in [-0.15, -0.1) is 0 Å². The van der Waals surface area contributed by atoms with Crippen LogP contribution in [0.5, 0.6) is 11.5 Å². The summed E-state index contributed by atoms with van der Waals surface area (Å²) in [5.41, 5.74) is -0.0735. The molecule has 0 aliphatic heterocycles. The number of hydrogen-bond donors (Lipinski definition) is 0. The number of rotatable bonds is 5. The third kappa shape index (κ3) is 3.05. The van der Waals surface area contributed by atoms with Gasteiger partial charge in [-0.1, -0.05) is 6.92 Å². The minimum absolute atomic E-state index is 0.0397. The van der Waals surface area contributed by atoms with E-state index in [2.05, 4.69) is 6.92 Å². The minimum atomic E-state index is -0.688. The van der Waals surface area contributed by atoms with Crippen LogP contribution in [-0.2, 0) is 4.74 Å². The molecular weight excluding hydrogens is 268 g/mol. The van der Waals surface area contributed by atoms with Gasteiger partial charge in [-0.2, -0.15) is 0 Å². The molecule has 0 atom stereocenters. The van der Waals surface area contributed by atoms with Crippen molar-refractivity contribution >= 4 is 5.78 Å². The zero-order chi connectivity index (χ0) is 15.5. The lowest BCUT2D eigenvalue weighted by Gasteiger charge is -2.37. The molecule has 1 aromatic rings. The van der Waals surface area contributed by atoms with Gasteiger partial charge in [0.2, 0.25) is 0 Å². The lowest BCUT2D eigenvalue weighted by molar-refractivity contribution is -0.0263. The summed E-state index contributed by atoms with van der Waals surface area (Å²) in [5.74, 6) is 1.89. The second kappa shape index (κ2) is 6.48. The molecule has 0 amide bonds. The molecular formula is C17H24O4. The number of carbonyl (C=O) groups excluding carboxylic acids is 1. The summed E-state index contributed by atoms with van der Waals surface area (Å²) in [5, 5.41) is 0. The highest BCUT2D eigenvalue weighted by atomic mass is 16.5. The van der Waals surface area contributed by atoms with Crippen LogP contribution in [0.2, 0.25) is 0 Å². The summed E-state index contributed by atoms with van der Waals surface area (Å²) in [4.78, 5) is 12.9. The summed E-state index contributed by atoms with van der Waals surface area (Å²) in [6.45, 7) is 2.22. The number of methoxy groups -OCH3 is 3. The number of carbonyl (C=O) groups is 1. The van der Waals surface area contributed by atoms with E-state index >= 15 is 0 Å². The van der Waals surface area contributed by atoms with Gasteiger partial charge in [-0.05, 0) is 49.8 Å². The Morgan fingerprint density at radius 1 is 1.10 bits per heavy atom. The average molecular weight is 292 g/mol. The third-order valence-electron chi connectivity index (χ3n) is 4.53. The van der Waals surface area contributed by atoms with Crippen molar-refractivity contribution < 1.29 is 19.0 Å². The molecule has 4 nitrogen and oxygen atoms in total. The Morgan fingerprint density at radius 3 is 2.24 bits per heavy atom. The summed E-state index contributed by atoms with van der Waals surface area (Å²) < 4.78 is 16.1. The van der Waals surface area contributed by atoms with Crippen LogP contribution in [0.4, 0.5) is 0 Å². The fraction of sp³-hybridized carbons (Fsp3) is 0.588. The first kappa shape index (κ1) is 15.8. The first-order valence-electron chi connectivity index (χ1n) is 7.38. The summed E-state index contributed by atoms with van der Waals surface area (Å²) in [7, 11) is 4.79. The number of hydrogen-bond acceptors (Lipinski definition) is 4. The van der Waals surface area contributed by atoms with E-state index in [4.69, 9.17) is 14.2 Å². The first-order valence-corrected chi connectivity index (χ1v) is 7.38. The summed E-state index contributed by atoms with van der Waals surface area (Å²) in [6, 6.07) is 5.28. The standard InChI is InChI=1S/C17H24O4/c1-12-7-9-17(21-4,10-8-12)16(18)13-5-6-14(19-2)15(11-13)20-3/h5-6,11-12H,7-10H2,1-4H3. The van der Waals surface area contributed by atoms with Crippen LogP contribution in [0, 0.1) is 5.92 Å². The second-order valence-electron chi connectivity index (χ2n) is 5.78. The van der Waals surface area contributed by atoms with Crippen molar-refractivity contribution in [2.75, 3.05) is 21.3 Å². The van der Waals surface area contributed by atoms with Crippen molar-refractivity contribution in [1.29, 1.82) is 0 Å². The molecule has 4 heteroatoms. The smallest absolute Gasteiger partial charge is 0.194 e. The van der Waals surface area contributed by atoms with Gasteiger partial charge in [-0.25, -0.2) is 0 Å². The van der Waals surface area contributed by atoms with E-state index in [9.17, 15) is 4.79 Å². The Balaban J connectivity index is 2.29. The van der Waals surface area contributed by atoms with Gasteiger partial charge in [0.15, 0.2) is 17.3 Å². The molecule has 1 aliphatic rings. The van der Waals surface area contributed by atoms with Gasteiger partial charge in [-0.3, -0.25) is 4.79 Å². The van der Waals surface area contributed by atoms with Gasteiger partial charge in [0.25, 0.3) is 0 Å². The maximum absolute atomic E-state index is 12.9. The van der Waals surface area contributed by atoms with Crippen molar-refractivity contribution in [3.05, 3.63) is 23.8 Å². The van der Waals surface area contributed by atoms with E-state index in [-0.39, 0.29) is 5.78 Å². The molecule has 0 unspecified atom stereocenters. The Bertz CT molecular complexity index is 502. The van der Waals surface area contributed by atoms with Crippen LogP contribution in [0.15, 0.2) is 18.2 Å². The first-order chi connectivity index (χ1) is 10.1. The fourth-order valence-corrected chi connectivity index (χ4v) is 2.99. The van der Waals surface area contributed by atoms with Crippen LogP contribution in [0.3, 0.4) is 0 Å². The molecule has 0 aromatic heterocycles. The second-order valence-corrected chi connectivity index (χ2v) is 5.78. The molecule has 0 radical (unpaired) electrons. The Hall–Kier alpha value is -1.55. The molecule has 0 saturated heterocycles. The quantitative estimate of drug-likeness (QED) is 0.779. The van der Waals surface area contributed by atoms with Crippen LogP contribution in [0.1, 0.15) is 43.0 Å². The summed E-state index contributed by atoms with van der Waals surface area (Å²) >= 11 is 0. The predicted octanol–water partition coefficient (Wildman–Crippen LogP) is 3.48. The maximum Gasteiger partial charge on any atom is 0.194 e. The molecule has 1 aromatic carbocycles. The normalized spacial score (nSPS) is 25.4. The number of benzene rings is 1. The number of Topliss-reactive ketones (excluding diaryl/α,β-unsaturated/α-hetero) is 1. The zero-order valence-electron chi connectivity index (χ0n) is 13.3. The highest BCUT2D eigenvalue weighted by Gasteiger charge is 2.41. The lowest BCUT2D eigenvalue weighted by Crippen LogP contribution is -2.43. The van der Waals surface area contributed by atoms with E-state index in [0.29, 0.717) is 23.0 Å². The predicted molar refractivity (Wildman–Crippen MR) is 81.2 cm³/mol. The lowest BCUT2D eigenvalue weighted by atomic mass is 9.75. The molecule has 1 saturated carbocycles. The molecule has 2 rings (SSSR count). The van der Waals surface area contributed by atoms with Gasteiger partial charge in [0.1, 0.15) is 5.60 Å². The van der Waals surface area contributed by atoms with Crippen LogP contribution in [0.25, 0.3) is 0 Å². The summed E-state index contributed by atoms with van der Waals surface area (Å²) in [6.07, 6.45) is 3.59. The van der Waals surface area contributed by atoms with Crippen molar-refractivity contribution in [2.24, 2.45) is 5.92 Å². The minimum Gasteiger partial charge on any atom is -0.493 e. The van der Waals surface area contributed by atoms with Crippen molar-refractivity contribution in [3.63, 3.8) is 0 Å². The molecule has 0 N–H and O–H groups in total. The molecule has 0 bridgehead atoms. The maximum atomic E-state index is 12.9. The molecule has 0 spiro atoms. The van der Waals surface area contributed by atoms with Crippen molar-refractivity contribution in [2.45, 2.75) is 38.2 Å². The Labute approximate surface area is 126 Å². The number of ether oxygens (including phenoxy) is 3. The van der Waals surface area contributed by atoms with E-state index < -0.39 is 5.60 Å². The van der Waals surface area contributed by atoms with Crippen LogP contribution >= 0.6 is 0 Å². The third-order valence-corrected chi connectivity index (χ3v) is 4.53. The van der Waals surface area contributed by atoms with Crippen molar-refractivity contribution in [1.82, 2.24) is 0 Å².